The van der Waals surface area contributed by atoms with Crippen molar-refractivity contribution >= 4 is 38.5 Å². The third kappa shape index (κ3) is 5.73. The van der Waals surface area contributed by atoms with Crippen molar-refractivity contribution in [1.82, 2.24) is 19.5 Å². The first-order valence-electron chi connectivity index (χ1n) is 10.6. The van der Waals surface area contributed by atoms with Gasteiger partial charge in [0.05, 0.1) is 19.0 Å². The number of hydrogen-bond acceptors (Lipinski definition) is 16. The summed E-state index contributed by atoms with van der Waals surface area (Å²) in [6.07, 6.45) is -12.6. The molecule has 4 rings (SSSR count). The molecular weight excluding hydrogens is 564 g/mol. The number of phosphoric ester groups is 2. The average Bonchev–Trinajstić information content (AvgIpc) is 3.35. The molecule has 2 aliphatic heterocycles. The molecule has 0 aliphatic carbocycles. The van der Waals surface area contributed by atoms with E-state index in [1.165, 1.54) is 6.92 Å². The number of carbonyl (C=O) groups excluding carboxylic acids is 1. The zero-order chi connectivity index (χ0) is 28.2. The zero-order valence-electron chi connectivity index (χ0n) is 19.1. The number of anilines is 1. The van der Waals surface area contributed by atoms with Crippen LogP contribution in [0.15, 0.2) is 11.1 Å². The summed E-state index contributed by atoms with van der Waals surface area (Å²) in [7, 11) is -11.0. The molecule has 4 heterocycles. The van der Waals surface area contributed by atoms with Crippen LogP contribution in [0.25, 0.3) is 11.2 Å². The number of ether oxygens (including phenoxy) is 2. The molecule has 0 radical (unpaired) electrons. The Morgan fingerprint density at radius 1 is 1.11 bits per heavy atom. The van der Waals surface area contributed by atoms with Gasteiger partial charge in [-0.3, -0.25) is 28.2 Å². The largest absolute Gasteiger partial charge is 0.483 e. The Morgan fingerprint density at radius 2 is 1.79 bits per heavy atom. The normalized spacial score (nSPS) is 35.3. The van der Waals surface area contributed by atoms with E-state index in [4.69, 9.17) is 15.2 Å². The lowest BCUT2D eigenvalue weighted by Gasteiger charge is -2.34. The Morgan fingerprint density at radius 3 is 2.47 bits per heavy atom. The molecular formula is C16H23N5O15P2. The Balaban J connectivity index is 1.40. The number of nitrogen functional groups attached to an aromatic ring is 1. The molecule has 38 heavy (non-hydrogen) atoms. The second-order valence-corrected chi connectivity index (χ2v) is 11.2. The highest BCUT2D eigenvalue weighted by Gasteiger charge is 2.49. The number of rotatable bonds is 8. The van der Waals surface area contributed by atoms with E-state index < -0.39 is 82.7 Å². The highest BCUT2D eigenvalue weighted by atomic mass is 31.3. The van der Waals surface area contributed by atoms with Gasteiger partial charge < -0.3 is 45.4 Å². The van der Waals surface area contributed by atoms with Gasteiger partial charge in [-0.1, -0.05) is 0 Å². The van der Waals surface area contributed by atoms with E-state index in [0.717, 1.165) is 10.9 Å². The molecule has 0 saturated carbocycles. The van der Waals surface area contributed by atoms with Crippen molar-refractivity contribution < 1.29 is 67.0 Å². The first-order valence-corrected chi connectivity index (χ1v) is 13.6. The summed E-state index contributed by atoms with van der Waals surface area (Å²) >= 11 is 0. The van der Waals surface area contributed by atoms with Crippen LogP contribution in [0.5, 0.6) is 0 Å². The van der Waals surface area contributed by atoms with Crippen LogP contribution in [0.4, 0.5) is 5.95 Å². The number of nitrogens with zero attached hydrogens (tertiary/aromatic N) is 3. The molecule has 3 unspecified atom stereocenters. The number of hydrogen-bond donors (Lipinski definition) is 8. The van der Waals surface area contributed by atoms with Gasteiger partial charge in [0.1, 0.15) is 24.4 Å². The van der Waals surface area contributed by atoms with Crippen molar-refractivity contribution in [1.29, 1.82) is 0 Å². The summed E-state index contributed by atoms with van der Waals surface area (Å²) in [6.45, 7) is 0.216. The predicted octanol–water partition coefficient (Wildman–Crippen LogP) is -3.39. The van der Waals surface area contributed by atoms with Gasteiger partial charge in [0, 0.05) is 0 Å². The lowest BCUT2D eigenvalue weighted by Crippen LogP contribution is -2.54. The Hall–Kier alpha value is -2.16. The summed E-state index contributed by atoms with van der Waals surface area (Å²) < 4.78 is 49.0. The molecule has 212 valence electrons. The molecule has 2 aliphatic rings. The van der Waals surface area contributed by atoms with Crippen LogP contribution >= 0.6 is 15.6 Å². The van der Waals surface area contributed by atoms with Gasteiger partial charge in [-0.2, -0.15) is 9.29 Å². The smallest absolute Gasteiger partial charge is 0.387 e. The molecule has 0 bridgehead atoms. The summed E-state index contributed by atoms with van der Waals surface area (Å²) in [4.78, 5) is 53.3. The van der Waals surface area contributed by atoms with Gasteiger partial charge in [0.15, 0.2) is 29.3 Å². The van der Waals surface area contributed by atoms with Gasteiger partial charge in [-0.15, -0.1) is 0 Å². The van der Waals surface area contributed by atoms with Crippen LogP contribution in [0, 0.1) is 0 Å². The second-order valence-electron chi connectivity index (χ2n) is 8.24. The van der Waals surface area contributed by atoms with Crippen molar-refractivity contribution in [2.24, 2.45) is 0 Å². The molecule has 0 aromatic carbocycles. The fourth-order valence-corrected chi connectivity index (χ4v) is 5.83. The number of Topliss-reactive ketones (excluding diaryl/α,β-unsaturated/α-hetero) is 1. The van der Waals surface area contributed by atoms with Crippen LogP contribution < -0.4 is 11.3 Å². The number of aromatic amines is 1. The predicted molar refractivity (Wildman–Crippen MR) is 118 cm³/mol. The van der Waals surface area contributed by atoms with Crippen molar-refractivity contribution in [2.75, 3.05) is 12.3 Å². The molecule has 20 nitrogen and oxygen atoms in total. The average molecular weight is 587 g/mol. The van der Waals surface area contributed by atoms with E-state index in [1.807, 2.05) is 0 Å². The molecule has 9 N–H and O–H groups in total. The third-order valence-electron chi connectivity index (χ3n) is 5.54. The zero-order valence-corrected chi connectivity index (χ0v) is 20.9. The van der Waals surface area contributed by atoms with Gasteiger partial charge >= 0.3 is 15.6 Å². The molecule has 2 fully saturated rings. The molecule has 10 atom stereocenters. The number of aromatic nitrogens is 4. The molecule has 0 spiro atoms. The number of aliphatic hydroxyl groups is 4. The maximum absolute atomic E-state index is 12.2. The van der Waals surface area contributed by atoms with E-state index in [0.29, 0.717) is 0 Å². The van der Waals surface area contributed by atoms with E-state index in [1.54, 1.807) is 0 Å². The Labute approximate surface area is 210 Å². The monoisotopic (exact) mass is 587 g/mol. The minimum absolute atomic E-state index is 0.106. The quantitative estimate of drug-likeness (QED) is 0.140. The summed E-state index contributed by atoms with van der Waals surface area (Å²) in [5.74, 6) is -1.46. The van der Waals surface area contributed by atoms with Crippen LogP contribution in [0.1, 0.15) is 13.2 Å². The highest BCUT2D eigenvalue weighted by molar-refractivity contribution is 7.61. The van der Waals surface area contributed by atoms with E-state index in [2.05, 4.69) is 28.3 Å². The van der Waals surface area contributed by atoms with E-state index >= 15 is 0 Å². The number of aliphatic hydroxyl groups excluding tert-OH is 4. The van der Waals surface area contributed by atoms with Crippen molar-refractivity contribution in [2.45, 2.75) is 56.1 Å². The fourth-order valence-electron chi connectivity index (χ4n) is 3.68. The number of carbonyl (C=O) groups is 1. The lowest BCUT2D eigenvalue weighted by atomic mass is 10.0. The standard InChI is InChI=1S/C16H23N5O15P2/c1-4-7(22)9(24)11(26)15(33-4)35-38(30,31)36-37(28,29)32-2-5-8(23)10(25)14(34-5)21-3-18-6-12(21)19-16(17)20-13(6)27/h3-5,7-8,10-11,14-15,22-23,25-26H,2H2,1H3,(H,28,29)(H,30,31)(H3,17,19,20,27)/t4-,5-,7-,8-,10-,11+,14-,15?/m1/s1. The number of nitrogens with two attached hydrogens (primary N) is 1. The van der Waals surface area contributed by atoms with Crippen molar-refractivity contribution in [3.63, 3.8) is 0 Å². The van der Waals surface area contributed by atoms with Gasteiger partial charge in [0.25, 0.3) is 5.56 Å². The number of imidazole rings is 1. The molecule has 22 heteroatoms. The topological polar surface area (TPSA) is 308 Å². The molecule has 2 aromatic rings. The maximum atomic E-state index is 12.2. The van der Waals surface area contributed by atoms with Gasteiger partial charge in [0.2, 0.25) is 12.2 Å². The number of fused-ring (bicyclic) bond motifs is 1. The fraction of sp³-hybridized carbons (Fsp3) is 0.625. The summed E-state index contributed by atoms with van der Waals surface area (Å²) in [5, 5.41) is 40.0. The number of ketones is 1. The van der Waals surface area contributed by atoms with E-state index in [9.17, 15) is 48.9 Å². The van der Waals surface area contributed by atoms with E-state index in [-0.39, 0.29) is 17.1 Å². The molecule has 2 aromatic heterocycles. The van der Waals surface area contributed by atoms with Crippen LogP contribution in [0.3, 0.4) is 0 Å². The third-order valence-corrected chi connectivity index (χ3v) is 8.14. The molecule has 0 amide bonds. The number of nitrogens with one attached hydrogen (secondary N) is 1. The number of H-pyrrole nitrogens is 1. The SMILES string of the molecule is C[C@H]1OC(OP(=O)(O)OP(=O)(O)OC[C@H]2O[C@@H](n3cnc4c(=O)[nH]c(N)nc43)[C@H](O)[C@@H]2O)[C@@H](O)C(=O)[C@@H]1O. The van der Waals surface area contributed by atoms with Crippen LogP contribution in [0.2, 0.25) is 0 Å². The minimum Gasteiger partial charge on any atom is -0.387 e. The first kappa shape index (κ1) is 28.8. The Bertz CT molecular complexity index is 1370. The van der Waals surface area contributed by atoms with Crippen molar-refractivity contribution in [3.05, 3.63) is 16.7 Å². The Kier molecular flexibility index (Phi) is 7.92. The lowest BCUT2D eigenvalue weighted by molar-refractivity contribution is -0.223. The number of phosphoric acid groups is 2. The summed E-state index contributed by atoms with van der Waals surface area (Å²) in [5.41, 5.74) is 4.57. The second kappa shape index (κ2) is 10.4. The van der Waals surface area contributed by atoms with Crippen LogP contribution in [-0.4, -0.2) is 105 Å². The van der Waals surface area contributed by atoms with Gasteiger partial charge in [-0.25, -0.2) is 14.1 Å². The maximum Gasteiger partial charge on any atom is 0.483 e. The highest BCUT2D eigenvalue weighted by Crippen LogP contribution is 2.61. The minimum atomic E-state index is -5.54. The first-order chi connectivity index (χ1) is 17.6. The summed E-state index contributed by atoms with van der Waals surface area (Å²) in [6, 6.07) is 0. The van der Waals surface area contributed by atoms with Crippen LogP contribution in [-0.2, 0) is 36.8 Å². The van der Waals surface area contributed by atoms with Crippen molar-refractivity contribution in [3.8, 4) is 0 Å². The molecule has 2 saturated heterocycles. The van der Waals surface area contributed by atoms with Gasteiger partial charge in [-0.05, 0) is 6.92 Å².